The molecule has 2 rings (SSSR count). The van der Waals surface area contributed by atoms with E-state index in [1.165, 1.54) is 18.3 Å². The molecule has 0 aliphatic carbocycles. The number of amides is 1. The molecule has 0 spiro atoms. The average molecular weight is 339 g/mol. The zero-order valence-electron chi connectivity index (χ0n) is 12.3. The van der Waals surface area contributed by atoms with Gasteiger partial charge in [0, 0.05) is 10.9 Å². The van der Waals surface area contributed by atoms with E-state index in [2.05, 4.69) is 5.32 Å². The Morgan fingerprint density at radius 1 is 1.30 bits per heavy atom. The molecule has 0 bridgehead atoms. The summed E-state index contributed by atoms with van der Waals surface area (Å²) in [5.41, 5.74) is -0.169. The summed E-state index contributed by atoms with van der Waals surface area (Å²) in [6.45, 7) is 1.39. The van der Waals surface area contributed by atoms with Gasteiger partial charge < -0.3 is 10.1 Å². The quantitative estimate of drug-likeness (QED) is 0.819. The van der Waals surface area contributed by atoms with Crippen molar-refractivity contribution < 1.29 is 23.1 Å². The van der Waals surface area contributed by atoms with E-state index in [9.17, 15) is 18.4 Å². The summed E-state index contributed by atoms with van der Waals surface area (Å²) < 4.78 is 31.3. The molecular formula is C16H15F2NO3S. The van der Waals surface area contributed by atoms with Crippen molar-refractivity contribution in [2.24, 2.45) is 0 Å². The van der Waals surface area contributed by atoms with Crippen LogP contribution in [-0.2, 0) is 20.7 Å². The van der Waals surface area contributed by atoms with Crippen molar-refractivity contribution in [1.82, 2.24) is 0 Å². The predicted molar refractivity (Wildman–Crippen MR) is 83.2 cm³/mol. The highest BCUT2D eigenvalue weighted by Gasteiger charge is 2.19. The third-order valence-corrected chi connectivity index (χ3v) is 3.96. The number of benzene rings is 1. The molecule has 0 radical (unpaired) electrons. The van der Waals surface area contributed by atoms with Crippen LogP contribution in [0.2, 0.25) is 0 Å². The first-order valence-corrected chi connectivity index (χ1v) is 7.81. The predicted octanol–water partition coefficient (Wildman–Crippen LogP) is 3.53. The van der Waals surface area contributed by atoms with Crippen LogP contribution >= 0.6 is 11.3 Å². The van der Waals surface area contributed by atoms with Crippen LogP contribution in [-0.4, -0.2) is 18.0 Å². The van der Waals surface area contributed by atoms with Crippen molar-refractivity contribution >= 4 is 28.9 Å². The normalized spacial score (nSPS) is 11.8. The second-order valence-electron chi connectivity index (χ2n) is 4.82. The number of hydrogen-bond donors (Lipinski definition) is 1. The number of esters is 1. The molecule has 7 heteroatoms. The van der Waals surface area contributed by atoms with E-state index in [0.29, 0.717) is 12.5 Å². The van der Waals surface area contributed by atoms with E-state index in [1.54, 1.807) is 0 Å². The SMILES string of the molecule is C[C@@H](OC(=O)CCc1cccs1)C(=O)Nc1ccc(F)cc1F. The summed E-state index contributed by atoms with van der Waals surface area (Å²) in [4.78, 5) is 24.6. The highest BCUT2D eigenvalue weighted by atomic mass is 32.1. The number of ether oxygens (including phenoxy) is 1. The number of hydrogen-bond acceptors (Lipinski definition) is 4. The minimum atomic E-state index is -1.07. The first-order valence-electron chi connectivity index (χ1n) is 6.93. The van der Waals surface area contributed by atoms with E-state index in [4.69, 9.17) is 4.74 Å². The Morgan fingerprint density at radius 2 is 2.09 bits per heavy atom. The van der Waals surface area contributed by atoms with Crippen LogP contribution in [0.4, 0.5) is 14.5 Å². The molecule has 1 atom stereocenters. The van der Waals surface area contributed by atoms with E-state index in [1.807, 2.05) is 17.5 Å². The van der Waals surface area contributed by atoms with Crippen LogP contribution in [0.5, 0.6) is 0 Å². The van der Waals surface area contributed by atoms with Crippen molar-refractivity contribution in [3.8, 4) is 0 Å². The minimum absolute atomic E-state index is 0.156. The van der Waals surface area contributed by atoms with Crippen molar-refractivity contribution in [3.63, 3.8) is 0 Å². The number of halogens is 2. The Labute approximate surface area is 136 Å². The Bertz CT molecular complexity index is 689. The van der Waals surface area contributed by atoms with Crippen molar-refractivity contribution in [3.05, 3.63) is 52.2 Å². The number of carbonyl (C=O) groups excluding carboxylic acids is 2. The average Bonchev–Trinajstić information content (AvgIpc) is 3.01. The van der Waals surface area contributed by atoms with Gasteiger partial charge in [0.25, 0.3) is 5.91 Å². The lowest BCUT2D eigenvalue weighted by molar-refractivity contribution is -0.153. The molecule has 0 saturated carbocycles. The summed E-state index contributed by atoms with van der Waals surface area (Å²) >= 11 is 1.54. The lowest BCUT2D eigenvalue weighted by Gasteiger charge is -2.13. The van der Waals surface area contributed by atoms with Gasteiger partial charge in [-0.15, -0.1) is 11.3 Å². The minimum Gasteiger partial charge on any atom is -0.453 e. The van der Waals surface area contributed by atoms with Crippen LogP contribution in [0.3, 0.4) is 0 Å². The topological polar surface area (TPSA) is 55.4 Å². The van der Waals surface area contributed by atoms with Crippen molar-refractivity contribution in [1.29, 1.82) is 0 Å². The third kappa shape index (κ3) is 5.14. The molecule has 0 aliphatic rings. The summed E-state index contributed by atoms with van der Waals surface area (Å²) in [7, 11) is 0. The number of anilines is 1. The lowest BCUT2D eigenvalue weighted by Crippen LogP contribution is -2.30. The maximum absolute atomic E-state index is 13.5. The molecule has 1 amide bonds. The molecule has 23 heavy (non-hydrogen) atoms. The molecule has 4 nitrogen and oxygen atoms in total. The molecule has 1 heterocycles. The Balaban J connectivity index is 1.83. The maximum Gasteiger partial charge on any atom is 0.306 e. The number of carbonyl (C=O) groups is 2. The maximum atomic E-state index is 13.5. The molecule has 0 saturated heterocycles. The van der Waals surface area contributed by atoms with E-state index in [-0.39, 0.29) is 12.1 Å². The summed E-state index contributed by atoms with van der Waals surface area (Å²) in [5, 5.41) is 4.17. The van der Waals surface area contributed by atoms with Gasteiger partial charge in [0.2, 0.25) is 0 Å². The number of rotatable bonds is 6. The molecule has 2 aromatic rings. The molecule has 0 unspecified atom stereocenters. The Morgan fingerprint density at radius 3 is 2.74 bits per heavy atom. The van der Waals surface area contributed by atoms with Gasteiger partial charge in [-0.2, -0.15) is 0 Å². The van der Waals surface area contributed by atoms with Crippen LogP contribution in [0.1, 0.15) is 18.2 Å². The van der Waals surface area contributed by atoms with Gasteiger partial charge in [0.15, 0.2) is 6.10 Å². The van der Waals surface area contributed by atoms with E-state index < -0.39 is 29.6 Å². The van der Waals surface area contributed by atoms with Crippen LogP contribution in [0.15, 0.2) is 35.7 Å². The van der Waals surface area contributed by atoms with Gasteiger partial charge in [0.05, 0.1) is 12.1 Å². The first kappa shape index (κ1) is 17.1. The zero-order valence-corrected chi connectivity index (χ0v) is 13.2. The number of nitrogens with one attached hydrogen (secondary N) is 1. The van der Waals surface area contributed by atoms with Crippen LogP contribution in [0.25, 0.3) is 0 Å². The highest BCUT2D eigenvalue weighted by molar-refractivity contribution is 7.09. The summed E-state index contributed by atoms with van der Waals surface area (Å²) in [6.07, 6.45) is -0.379. The van der Waals surface area contributed by atoms with Gasteiger partial charge >= 0.3 is 5.97 Å². The second kappa shape index (κ2) is 7.82. The highest BCUT2D eigenvalue weighted by Crippen LogP contribution is 2.16. The van der Waals surface area contributed by atoms with Gasteiger partial charge in [-0.3, -0.25) is 9.59 Å². The largest absolute Gasteiger partial charge is 0.453 e. The number of aryl methyl sites for hydroxylation is 1. The molecule has 1 aromatic heterocycles. The molecule has 0 aliphatic heterocycles. The Kier molecular flexibility index (Phi) is 5.81. The fourth-order valence-corrected chi connectivity index (χ4v) is 2.52. The second-order valence-corrected chi connectivity index (χ2v) is 5.86. The molecule has 1 aromatic carbocycles. The summed E-state index contributed by atoms with van der Waals surface area (Å²) in [5.74, 6) is -2.83. The fraction of sp³-hybridized carbons (Fsp3) is 0.250. The standard InChI is InChI=1S/C16H15F2NO3S/c1-10(22-15(20)7-5-12-3-2-8-23-12)16(21)19-14-6-4-11(17)9-13(14)18/h2-4,6,8-10H,5,7H2,1H3,(H,19,21)/t10-/m1/s1. The van der Waals surface area contributed by atoms with E-state index >= 15 is 0 Å². The van der Waals surface area contributed by atoms with Crippen molar-refractivity contribution in [2.45, 2.75) is 25.9 Å². The monoisotopic (exact) mass is 339 g/mol. The van der Waals surface area contributed by atoms with E-state index in [0.717, 1.165) is 17.0 Å². The van der Waals surface area contributed by atoms with Crippen molar-refractivity contribution in [2.75, 3.05) is 5.32 Å². The molecule has 122 valence electrons. The van der Waals surface area contributed by atoms with Crippen LogP contribution in [0, 0.1) is 11.6 Å². The smallest absolute Gasteiger partial charge is 0.306 e. The van der Waals surface area contributed by atoms with Crippen LogP contribution < -0.4 is 5.32 Å². The van der Waals surface area contributed by atoms with Gasteiger partial charge in [-0.25, -0.2) is 8.78 Å². The third-order valence-electron chi connectivity index (χ3n) is 3.02. The molecular weight excluding hydrogens is 324 g/mol. The van der Waals surface area contributed by atoms with Gasteiger partial charge in [-0.1, -0.05) is 6.07 Å². The zero-order chi connectivity index (χ0) is 16.8. The molecule has 1 N–H and O–H groups in total. The molecule has 0 fully saturated rings. The summed E-state index contributed by atoms with van der Waals surface area (Å²) in [6, 6.07) is 6.58. The number of thiophene rings is 1. The Hall–Kier alpha value is -2.28. The lowest BCUT2D eigenvalue weighted by atomic mass is 10.2. The van der Waals surface area contributed by atoms with Gasteiger partial charge in [0.1, 0.15) is 11.6 Å². The fourth-order valence-electron chi connectivity index (χ4n) is 1.81. The first-order chi connectivity index (χ1) is 11.0. The van der Waals surface area contributed by atoms with Gasteiger partial charge in [-0.05, 0) is 36.9 Å².